The molecule has 5 heteroatoms. The average molecular weight is 515 g/mol. The van der Waals surface area contributed by atoms with Crippen LogP contribution in [0.3, 0.4) is 0 Å². The Kier molecular flexibility index (Phi) is 7.08. The number of aryl methyl sites for hydroxylation is 1. The van der Waals surface area contributed by atoms with Gasteiger partial charge in [0, 0.05) is 23.6 Å². The van der Waals surface area contributed by atoms with E-state index in [1.54, 1.807) is 4.68 Å². The van der Waals surface area contributed by atoms with Gasteiger partial charge in [-0.2, -0.15) is 5.10 Å². The van der Waals surface area contributed by atoms with Crippen LogP contribution in [-0.4, -0.2) is 39.8 Å². The molecule has 0 spiro atoms. The monoisotopic (exact) mass is 514 g/mol. The highest BCUT2D eigenvalue weighted by Crippen LogP contribution is 2.34. The molecule has 0 N–H and O–H groups in total. The molecular weight excluding hydrogens is 480 g/mol. The minimum Gasteiger partial charge on any atom is -0.306 e. The lowest BCUT2D eigenvalue weighted by Crippen LogP contribution is -2.29. The first-order valence-corrected chi connectivity index (χ1v) is 13.9. The number of nitrogens with zero attached hydrogens (tertiary/aromatic N) is 4. The van der Waals surface area contributed by atoms with Crippen LogP contribution in [0.2, 0.25) is 0 Å². The summed E-state index contributed by atoms with van der Waals surface area (Å²) in [6.45, 7) is 4.20. The fourth-order valence-corrected chi connectivity index (χ4v) is 5.87. The van der Waals surface area contributed by atoms with E-state index in [4.69, 9.17) is 5.10 Å². The Bertz CT molecular complexity index is 1660. The molecule has 0 amide bonds. The topological polar surface area (TPSA) is 51.0 Å². The maximum Gasteiger partial charge on any atom is 0.274 e. The maximum atomic E-state index is 13.5. The summed E-state index contributed by atoms with van der Waals surface area (Å²) in [5.41, 5.74) is 7.86. The molecule has 2 aromatic heterocycles. The fourth-order valence-electron chi connectivity index (χ4n) is 5.87. The summed E-state index contributed by atoms with van der Waals surface area (Å²) >= 11 is 0. The summed E-state index contributed by atoms with van der Waals surface area (Å²) in [4.78, 5) is 20.5. The third kappa shape index (κ3) is 5.15. The Morgan fingerprint density at radius 2 is 1.64 bits per heavy atom. The van der Waals surface area contributed by atoms with Gasteiger partial charge >= 0.3 is 0 Å². The van der Waals surface area contributed by atoms with Crippen molar-refractivity contribution < 1.29 is 0 Å². The molecule has 39 heavy (non-hydrogen) atoms. The van der Waals surface area contributed by atoms with Crippen LogP contribution in [0, 0.1) is 6.92 Å². The minimum atomic E-state index is 0.0285. The lowest BCUT2D eigenvalue weighted by molar-refractivity contribution is 0.334. The van der Waals surface area contributed by atoms with Gasteiger partial charge in [0.05, 0.1) is 22.8 Å². The Balaban J connectivity index is 1.35. The smallest absolute Gasteiger partial charge is 0.274 e. The zero-order chi connectivity index (χ0) is 26.8. The van der Waals surface area contributed by atoms with Crippen LogP contribution in [0.25, 0.3) is 33.2 Å². The average Bonchev–Trinajstić information content (AvgIpc) is 3.19. The number of benzene rings is 3. The molecule has 1 atom stereocenters. The van der Waals surface area contributed by atoms with E-state index in [9.17, 15) is 4.79 Å². The van der Waals surface area contributed by atoms with E-state index in [1.165, 1.54) is 22.3 Å². The summed E-state index contributed by atoms with van der Waals surface area (Å²) in [6.07, 6.45) is 5.54. The van der Waals surface area contributed by atoms with E-state index < -0.39 is 0 Å². The van der Waals surface area contributed by atoms with Gasteiger partial charge in [-0.1, -0.05) is 66.7 Å². The van der Waals surface area contributed by atoms with Crippen LogP contribution < -0.4 is 5.56 Å². The van der Waals surface area contributed by atoms with Crippen LogP contribution in [0.4, 0.5) is 0 Å². The zero-order valence-electron chi connectivity index (χ0n) is 22.7. The minimum absolute atomic E-state index is 0.0285. The summed E-state index contributed by atoms with van der Waals surface area (Å²) in [6, 6.07) is 29.3. The third-order valence-corrected chi connectivity index (χ3v) is 8.00. The van der Waals surface area contributed by atoms with Crippen LogP contribution >= 0.6 is 0 Å². The molecule has 0 saturated carbocycles. The molecule has 196 valence electrons. The largest absolute Gasteiger partial charge is 0.306 e. The Morgan fingerprint density at radius 1 is 0.846 bits per heavy atom. The van der Waals surface area contributed by atoms with Gasteiger partial charge < -0.3 is 4.90 Å². The zero-order valence-corrected chi connectivity index (χ0v) is 22.7. The standard InChI is InChI=1S/C34H34N4O/c1-24-9-7-13-28(33(24)31-14-5-6-20-35-31)26-17-15-25(16-18-26)23-32-29-11-3-4-12-30(29)34(39)38(36-32)27-10-8-21-37(2)22-19-27/h3-7,9,11-18,20,27H,8,10,19,21-23H2,1-2H3. The Hall–Kier alpha value is -4.09. The highest BCUT2D eigenvalue weighted by Gasteiger charge is 2.21. The fraction of sp³-hybridized carbons (Fsp3) is 0.265. The van der Waals surface area contributed by atoms with Gasteiger partial charge in [0.25, 0.3) is 5.56 Å². The van der Waals surface area contributed by atoms with Gasteiger partial charge in [-0.3, -0.25) is 9.78 Å². The lowest BCUT2D eigenvalue weighted by Gasteiger charge is -2.19. The molecule has 5 aromatic rings. The highest BCUT2D eigenvalue weighted by molar-refractivity contribution is 5.85. The number of likely N-dealkylation sites (tertiary alicyclic amines) is 1. The van der Waals surface area contributed by atoms with Gasteiger partial charge in [0.2, 0.25) is 0 Å². The number of hydrogen-bond acceptors (Lipinski definition) is 4. The number of fused-ring (bicyclic) bond motifs is 1. The van der Waals surface area contributed by atoms with E-state index in [-0.39, 0.29) is 11.6 Å². The number of hydrogen-bond donors (Lipinski definition) is 0. The predicted octanol–water partition coefficient (Wildman–Crippen LogP) is 6.68. The van der Waals surface area contributed by atoms with Gasteiger partial charge in [-0.15, -0.1) is 0 Å². The van der Waals surface area contributed by atoms with Crippen LogP contribution in [0.1, 0.15) is 42.1 Å². The van der Waals surface area contributed by atoms with E-state index >= 15 is 0 Å². The molecule has 1 fully saturated rings. The summed E-state index contributed by atoms with van der Waals surface area (Å²) in [7, 11) is 2.16. The molecule has 0 radical (unpaired) electrons. The van der Waals surface area contributed by atoms with Crippen LogP contribution in [-0.2, 0) is 6.42 Å². The van der Waals surface area contributed by atoms with E-state index in [1.807, 2.05) is 42.6 Å². The quantitative estimate of drug-likeness (QED) is 0.262. The molecule has 0 bridgehead atoms. The molecule has 1 unspecified atom stereocenters. The Labute approximate surface area is 229 Å². The van der Waals surface area contributed by atoms with Gasteiger partial charge in [0.15, 0.2) is 0 Å². The second-order valence-corrected chi connectivity index (χ2v) is 10.7. The van der Waals surface area contributed by atoms with E-state index in [0.29, 0.717) is 6.42 Å². The number of pyridine rings is 1. The molecule has 3 aromatic carbocycles. The first kappa shape index (κ1) is 25.2. The Morgan fingerprint density at radius 3 is 2.44 bits per heavy atom. The molecular formula is C34H34N4O. The summed E-state index contributed by atoms with van der Waals surface area (Å²) < 4.78 is 1.79. The summed E-state index contributed by atoms with van der Waals surface area (Å²) in [5.74, 6) is 0. The maximum absolute atomic E-state index is 13.5. The van der Waals surface area contributed by atoms with Crippen molar-refractivity contribution >= 4 is 10.8 Å². The number of aromatic nitrogens is 3. The van der Waals surface area contributed by atoms with Crippen LogP contribution in [0.5, 0.6) is 0 Å². The lowest BCUT2D eigenvalue weighted by atomic mass is 9.92. The van der Waals surface area contributed by atoms with Gasteiger partial charge in [-0.25, -0.2) is 4.68 Å². The van der Waals surface area contributed by atoms with Crippen molar-refractivity contribution in [1.82, 2.24) is 19.7 Å². The normalized spacial score (nSPS) is 16.3. The highest BCUT2D eigenvalue weighted by atomic mass is 16.1. The first-order chi connectivity index (χ1) is 19.1. The number of rotatable bonds is 5. The van der Waals surface area contributed by atoms with Crippen molar-refractivity contribution in [2.75, 3.05) is 20.1 Å². The van der Waals surface area contributed by atoms with Crippen molar-refractivity contribution in [2.24, 2.45) is 0 Å². The van der Waals surface area contributed by atoms with Gasteiger partial charge in [0.1, 0.15) is 0 Å². The van der Waals surface area contributed by atoms with E-state index in [0.717, 1.165) is 60.1 Å². The first-order valence-electron chi connectivity index (χ1n) is 13.9. The van der Waals surface area contributed by atoms with Crippen molar-refractivity contribution in [3.8, 4) is 22.4 Å². The molecule has 1 saturated heterocycles. The van der Waals surface area contributed by atoms with Crippen molar-refractivity contribution in [1.29, 1.82) is 0 Å². The molecule has 3 heterocycles. The second kappa shape index (κ2) is 11.0. The van der Waals surface area contributed by atoms with Crippen molar-refractivity contribution in [2.45, 2.75) is 38.6 Å². The van der Waals surface area contributed by atoms with Crippen LogP contribution in [0.15, 0.2) is 95.9 Å². The molecule has 6 rings (SSSR count). The predicted molar refractivity (Wildman–Crippen MR) is 159 cm³/mol. The second-order valence-electron chi connectivity index (χ2n) is 10.7. The van der Waals surface area contributed by atoms with Crippen molar-refractivity contribution in [3.05, 3.63) is 118 Å². The summed E-state index contributed by atoms with van der Waals surface area (Å²) in [5, 5.41) is 6.72. The molecule has 5 nitrogen and oxygen atoms in total. The third-order valence-electron chi connectivity index (χ3n) is 8.00. The molecule has 1 aliphatic rings. The molecule has 1 aliphatic heterocycles. The SMILES string of the molecule is Cc1cccc(-c2ccc(Cc3nn(C4CCCN(C)CC4)c(=O)c4ccccc34)cc2)c1-c1ccccn1. The molecule has 0 aliphatic carbocycles. The van der Waals surface area contributed by atoms with E-state index in [2.05, 4.69) is 72.4 Å². The van der Waals surface area contributed by atoms with Crippen molar-refractivity contribution in [3.63, 3.8) is 0 Å². The van der Waals surface area contributed by atoms with Gasteiger partial charge in [-0.05, 0) is 86.8 Å².